The van der Waals surface area contributed by atoms with Crippen molar-refractivity contribution in [3.63, 3.8) is 0 Å². The van der Waals surface area contributed by atoms with Crippen LogP contribution in [0, 0.1) is 0 Å². The van der Waals surface area contributed by atoms with Crippen molar-refractivity contribution < 1.29 is 9.59 Å². The first kappa shape index (κ1) is 13.8. The molecule has 0 N–H and O–H groups in total. The highest BCUT2D eigenvalue weighted by atomic mass is 79.9. The summed E-state index contributed by atoms with van der Waals surface area (Å²) in [7, 11) is 0. The number of carbonyl (C=O) groups excluding carboxylic acids is 2. The molecular formula is C17H12BrNO2. The molecule has 0 aliphatic carbocycles. The lowest BCUT2D eigenvalue weighted by molar-refractivity contribution is -0.114. The van der Waals surface area contributed by atoms with E-state index in [4.69, 9.17) is 0 Å². The van der Waals surface area contributed by atoms with E-state index in [9.17, 15) is 9.59 Å². The van der Waals surface area contributed by atoms with E-state index in [1.807, 2.05) is 42.5 Å². The van der Waals surface area contributed by atoms with Crippen LogP contribution in [0.1, 0.15) is 15.9 Å². The number of rotatable bonds is 3. The minimum Gasteiger partial charge on any atom is -0.301 e. The minimum absolute atomic E-state index is 0.378. The molecule has 1 aliphatic heterocycles. The maximum Gasteiger partial charge on any atom is 0.299 e. The van der Waals surface area contributed by atoms with Crippen molar-refractivity contribution in [1.82, 2.24) is 0 Å². The van der Waals surface area contributed by atoms with Gasteiger partial charge in [-0.15, -0.1) is 0 Å². The van der Waals surface area contributed by atoms with Gasteiger partial charge in [0.05, 0.1) is 11.3 Å². The van der Waals surface area contributed by atoms with Crippen molar-refractivity contribution in [2.75, 3.05) is 11.4 Å². The summed E-state index contributed by atoms with van der Waals surface area (Å²) in [5.74, 6) is -0.911. The highest BCUT2D eigenvalue weighted by molar-refractivity contribution is 9.10. The number of hydrogen-bond acceptors (Lipinski definition) is 2. The molecule has 0 saturated carbocycles. The smallest absolute Gasteiger partial charge is 0.299 e. The number of carbonyl (C=O) groups is 2. The molecule has 0 bridgehead atoms. The van der Waals surface area contributed by atoms with Crippen molar-refractivity contribution in [2.45, 2.75) is 0 Å². The van der Waals surface area contributed by atoms with Gasteiger partial charge in [0.15, 0.2) is 0 Å². The molecular weight excluding hydrogens is 330 g/mol. The Balaban J connectivity index is 1.83. The summed E-state index contributed by atoms with van der Waals surface area (Å²) < 4.78 is 0.848. The first-order chi connectivity index (χ1) is 10.2. The molecule has 1 heterocycles. The van der Waals surface area contributed by atoms with Crippen LogP contribution in [0.5, 0.6) is 0 Å². The van der Waals surface area contributed by atoms with Gasteiger partial charge >= 0.3 is 0 Å². The fourth-order valence-corrected chi connectivity index (χ4v) is 2.66. The largest absolute Gasteiger partial charge is 0.301 e. The van der Waals surface area contributed by atoms with Gasteiger partial charge in [-0.1, -0.05) is 58.4 Å². The molecule has 0 saturated heterocycles. The van der Waals surface area contributed by atoms with Crippen molar-refractivity contribution in [2.24, 2.45) is 0 Å². The zero-order chi connectivity index (χ0) is 14.8. The van der Waals surface area contributed by atoms with Gasteiger partial charge in [0, 0.05) is 11.0 Å². The standard InChI is InChI=1S/C17H12BrNO2/c18-13-8-9-14-15(11-13)19(17(21)16(14)20)10-4-7-12-5-2-1-3-6-12/h1-9,11H,10H2/b7-4+. The first-order valence-electron chi connectivity index (χ1n) is 6.54. The second-order valence-corrected chi connectivity index (χ2v) is 5.64. The third-order valence-electron chi connectivity index (χ3n) is 3.33. The molecule has 4 heteroatoms. The molecule has 0 fully saturated rings. The molecule has 3 rings (SSSR count). The summed E-state index contributed by atoms with van der Waals surface area (Å²) in [4.78, 5) is 25.5. The SMILES string of the molecule is O=C1C(=O)N(C/C=C/c2ccccc2)c2cc(Br)ccc21. The summed E-state index contributed by atoms with van der Waals surface area (Å²) in [6, 6.07) is 15.1. The van der Waals surface area contributed by atoms with Crippen LogP contribution in [0.4, 0.5) is 5.69 Å². The normalized spacial score (nSPS) is 14.0. The van der Waals surface area contributed by atoms with Crippen molar-refractivity contribution in [3.8, 4) is 0 Å². The van der Waals surface area contributed by atoms with Crippen LogP contribution in [0.2, 0.25) is 0 Å². The lowest BCUT2D eigenvalue weighted by Crippen LogP contribution is -2.29. The zero-order valence-electron chi connectivity index (χ0n) is 11.1. The van der Waals surface area contributed by atoms with Crippen LogP contribution in [0.25, 0.3) is 6.08 Å². The summed E-state index contributed by atoms with van der Waals surface area (Å²) in [6.07, 6.45) is 3.82. The summed E-state index contributed by atoms with van der Waals surface area (Å²) in [6.45, 7) is 0.378. The van der Waals surface area contributed by atoms with Gasteiger partial charge in [-0.2, -0.15) is 0 Å². The van der Waals surface area contributed by atoms with Crippen LogP contribution in [-0.4, -0.2) is 18.2 Å². The van der Waals surface area contributed by atoms with Crippen molar-refractivity contribution >= 4 is 39.4 Å². The lowest BCUT2D eigenvalue weighted by Gasteiger charge is -2.14. The number of hydrogen-bond donors (Lipinski definition) is 0. The summed E-state index contributed by atoms with van der Waals surface area (Å²) >= 11 is 3.37. The van der Waals surface area contributed by atoms with E-state index in [1.54, 1.807) is 18.2 Å². The number of Topliss-reactive ketones (excluding diaryl/α,β-unsaturated/α-hetero) is 1. The fourth-order valence-electron chi connectivity index (χ4n) is 2.31. The number of benzene rings is 2. The van der Waals surface area contributed by atoms with Gasteiger partial charge < -0.3 is 4.90 Å². The summed E-state index contributed by atoms with van der Waals surface area (Å²) in [5, 5.41) is 0. The Bertz CT molecular complexity index is 738. The van der Waals surface area contributed by atoms with Gasteiger partial charge in [-0.3, -0.25) is 9.59 Å². The van der Waals surface area contributed by atoms with Gasteiger partial charge in [0.25, 0.3) is 11.7 Å². The Morgan fingerprint density at radius 3 is 2.57 bits per heavy atom. The maximum atomic E-state index is 12.0. The summed E-state index contributed by atoms with van der Waals surface area (Å²) in [5.41, 5.74) is 2.19. The first-order valence-corrected chi connectivity index (χ1v) is 7.33. The van der Waals surface area contributed by atoms with E-state index < -0.39 is 11.7 Å². The fraction of sp³-hybridized carbons (Fsp3) is 0.0588. The number of fused-ring (bicyclic) bond motifs is 1. The molecule has 1 aliphatic rings. The number of nitrogens with zero attached hydrogens (tertiary/aromatic N) is 1. The Morgan fingerprint density at radius 1 is 1.05 bits per heavy atom. The Kier molecular flexibility index (Phi) is 3.71. The predicted molar refractivity (Wildman–Crippen MR) is 86.3 cm³/mol. The molecule has 2 aromatic rings. The topological polar surface area (TPSA) is 37.4 Å². The zero-order valence-corrected chi connectivity index (χ0v) is 12.7. The monoisotopic (exact) mass is 341 g/mol. The Morgan fingerprint density at radius 2 is 1.81 bits per heavy atom. The molecule has 0 unspecified atom stereocenters. The molecule has 1 amide bonds. The molecule has 0 aromatic heterocycles. The van der Waals surface area contributed by atoms with Crippen LogP contribution < -0.4 is 4.90 Å². The van der Waals surface area contributed by atoms with E-state index in [1.165, 1.54) is 4.90 Å². The van der Waals surface area contributed by atoms with E-state index in [2.05, 4.69) is 15.9 Å². The van der Waals surface area contributed by atoms with E-state index in [-0.39, 0.29) is 0 Å². The van der Waals surface area contributed by atoms with Gasteiger partial charge in [0.2, 0.25) is 0 Å². The van der Waals surface area contributed by atoms with E-state index in [0.717, 1.165) is 10.0 Å². The second-order valence-electron chi connectivity index (χ2n) is 4.72. The number of ketones is 1. The quantitative estimate of drug-likeness (QED) is 0.798. The van der Waals surface area contributed by atoms with Crippen LogP contribution in [-0.2, 0) is 4.79 Å². The number of anilines is 1. The number of amides is 1. The molecule has 0 atom stereocenters. The predicted octanol–water partition coefficient (Wildman–Crippen LogP) is 3.69. The second kappa shape index (κ2) is 5.66. The molecule has 0 spiro atoms. The third-order valence-corrected chi connectivity index (χ3v) is 3.83. The number of halogens is 1. The lowest BCUT2D eigenvalue weighted by atomic mass is 10.1. The van der Waals surface area contributed by atoms with E-state index >= 15 is 0 Å². The maximum absolute atomic E-state index is 12.0. The van der Waals surface area contributed by atoms with Gasteiger partial charge in [-0.05, 0) is 23.8 Å². The van der Waals surface area contributed by atoms with Crippen LogP contribution in [0.15, 0.2) is 59.1 Å². The molecule has 104 valence electrons. The highest BCUT2D eigenvalue weighted by Crippen LogP contribution is 2.31. The Hall–Kier alpha value is -2.20. The average molecular weight is 342 g/mol. The van der Waals surface area contributed by atoms with Crippen molar-refractivity contribution in [3.05, 3.63) is 70.2 Å². The highest BCUT2D eigenvalue weighted by Gasteiger charge is 2.34. The molecule has 2 aromatic carbocycles. The van der Waals surface area contributed by atoms with Gasteiger partial charge in [-0.25, -0.2) is 0 Å². The van der Waals surface area contributed by atoms with Gasteiger partial charge in [0.1, 0.15) is 0 Å². The van der Waals surface area contributed by atoms with Crippen molar-refractivity contribution in [1.29, 1.82) is 0 Å². The molecule has 21 heavy (non-hydrogen) atoms. The third kappa shape index (κ3) is 2.67. The molecule has 0 radical (unpaired) electrons. The Labute approximate surface area is 131 Å². The minimum atomic E-state index is -0.471. The van der Waals surface area contributed by atoms with Crippen LogP contribution >= 0.6 is 15.9 Å². The van der Waals surface area contributed by atoms with E-state index in [0.29, 0.717) is 17.8 Å². The molecule has 3 nitrogen and oxygen atoms in total. The van der Waals surface area contributed by atoms with Crippen LogP contribution in [0.3, 0.4) is 0 Å². The average Bonchev–Trinajstić information content (AvgIpc) is 2.73.